The first-order valence-corrected chi connectivity index (χ1v) is 6.70. The molecule has 0 spiro atoms. The summed E-state index contributed by atoms with van der Waals surface area (Å²) >= 11 is 0. The first kappa shape index (κ1) is 12.4. The predicted molar refractivity (Wildman–Crippen MR) is 65.3 cm³/mol. The minimum Gasteiger partial charge on any atom is -0.396 e. The zero-order valence-corrected chi connectivity index (χ0v) is 11.0. The van der Waals surface area contributed by atoms with Gasteiger partial charge in [0.05, 0.1) is 5.60 Å². The number of hydrogen-bond acceptors (Lipinski definition) is 2. The first-order chi connectivity index (χ1) is 7.45. The van der Waals surface area contributed by atoms with Crippen LogP contribution in [-0.2, 0) is 4.74 Å². The highest BCUT2D eigenvalue weighted by atomic mass is 16.5. The van der Waals surface area contributed by atoms with E-state index in [1.54, 1.807) is 0 Å². The Morgan fingerprint density at radius 3 is 2.50 bits per heavy atom. The zero-order chi connectivity index (χ0) is 11.8. The third kappa shape index (κ3) is 2.43. The average Bonchev–Trinajstić information content (AvgIpc) is 2.75. The van der Waals surface area contributed by atoms with Gasteiger partial charge in [-0.15, -0.1) is 0 Å². The molecule has 0 aromatic heterocycles. The van der Waals surface area contributed by atoms with Crippen molar-refractivity contribution in [1.82, 2.24) is 0 Å². The molecule has 2 saturated carbocycles. The summed E-state index contributed by atoms with van der Waals surface area (Å²) in [4.78, 5) is 0. The number of ether oxygens (including phenoxy) is 1. The normalized spacial score (nSPS) is 38.2. The van der Waals surface area contributed by atoms with Gasteiger partial charge in [0.1, 0.15) is 0 Å². The molecule has 16 heavy (non-hydrogen) atoms. The number of hydrogen-bond donors (Lipinski definition) is 1. The summed E-state index contributed by atoms with van der Waals surface area (Å²) in [6.07, 6.45) is 6.37. The molecule has 1 N–H and O–H groups in total. The van der Waals surface area contributed by atoms with E-state index in [-0.39, 0.29) is 11.0 Å². The van der Waals surface area contributed by atoms with E-state index in [1.807, 2.05) is 0 Å². The van der Waals surface area contributed by atoms with Crippen LogP contribution in [0.4, 0.5) is 0 Å². The summed E-state index contributed by atoms with van der Waals surface area (Å²) in [6.45, 7) is 7.45. The summed E-state index contributed by atoms with van der Waals surface area (Å²) in [5, 5.41) is 9.71. The van der Waals surface area contributed by atoms with Crippen molar-refractivity contribution < 1.29 is 9.84 Å². The molecule has 3 unspecified atom stereocenters. The molecule has 2 bridgehead atoms. The fourth-order valence-corrected chi connectivity index (χ4v) is 3.70. The molecule has 0 aliphatic heterocycles. The molecule has 2 aliphatic rings. The van der Waals surface area contributed by atoms with Gasteiger partial charge in [0.2, 0.25) is 0 Å². The van der Waals surface area contributed by atoms with Crippen LogP contribution >= 0.6 is 0 Å². The summed E-state index contributed by atoms with van der Waals surface area (Å²) in [7, 11) is 0. The van der Waals surface area contributed by atoms with Gasteiger partial charge >= 0.3 is 0 Å². The number of aliphatic hydroxyl groups is 1. The van der Waals surface area contributed by atoms with Gasteiger partial charge in [-0.25, -0.2) is 0 Å². The molecular weight excluding hydrogens is 200 g/mol. The summed E-state index contributed by atoms with van der Waals surface area (Å²) in [6, 6.07) is 0. The Morgan fingerprint density at radius 1 is 1.31 bits per heavy atom. The number of rotatable bonds is 4. The molecule has 2 nitrogen and oxygen atoms in total. The maximum atomic E-state index is 9.71. The Labute approximate surface area is 99.4 Å². The number of aliphatic hydroxyl groups excluding tert-OH is 1. The lowest BCUT2D eigenvalue weighted by atomic mass is 9.71. The highest BCUT2D eigenvalue weighted by molar-refractivity contribution is 5.00. The molecule has 2 fully saturated rings. The van der Waals surface area contributed by atoms with E-state index in [1.165, 1.54) is 25.7 Å². The van der Waals surface area contributed by atoms with E-state index in [0.717, 1.165) is 24.9 Å². The third-order valence-electron chi connectivity index (χ3n) is 4.55. The van der Waals surface area contributed by atoms with E-state index in [2.05, 4.69) is 20.8 Å². The molecule has 0 saturated heterocycles. The second kappa shape index (κ2) is 4.30. The minimum atomic E-state index is -0.0474. The quantitative estimate of drug-likeness (QED) is 0.798. The fourth-order valence-electron chi connectivity index (χ4n) is 3.70. The maximum Gasteiger partial charge on any atom is 0.0598 e. The fraction of sp³-hybridized carbons (Fsp3) is 1.00. The lowest BCUT2D eigenvalue weighted by molar-refractivity contribution is -0.0391. The second-order valence-corrected chi connectivity index (χ2v) is 6.81. The Bertz CT molecular complexity index is 244. The van der Waals surface area contributed by atoms with Crippen molar-refractivity contribution in [3.8, 4) is 0 Å². The van der Waals surface area contributed by atoms with Crippen LogP contribution in [0, 0.1) is 17.3 Å². The van der Waals surface area contributed by atoms with Gasteiger partial charge in [-0.2, -0.15) is 0 Å². The zero-order valence-electron chi connectivity index (χ0n) is 11.0. The van der Waals surface area contributed by atoms with E-state index in [4.69, 9.17) is 4.74 Å². The van der Waals surface area contributed by atoms with E-state index in [0.29, 0.717) is 6.61 Å². The van der Waals surface area contributed by atoms with Gasteiger partial charge in [0.25, 0.3) is 0 Å². The van der Waals surface area contributed by atoms with E-state index in [9.17, 15) is 5.11 Å². The Hall–Kier alpha value is -0.0800. The highest BCUT2D eigenvalue weighted by Gasteiger charge is 2.50. The Kier molecular flexibility index (Phi) is 3.33. The van der Waals surface area contributed by atoms with Crippen molar-refractivity contribution in [3.05, 3.63) is 0 Å². The topological polar surface area (TPSA) is 29.5 Å². The Morgan fingerprint density at radius 2 is 2.06 bits per heavy atom. The van der Waals surface area contributed by atoms with Gasteiger partial charge < -0.3 is 9.84 Å². The van der Waals surface area contributed by atoms with Crippen LogP contribution in [0.15, 0.2) is 0 Å². The molecule has 0 amide bonds. The first-order valence-electron chi connectivity index (χ1n) is 6.70. The summed E-state index contributed by atoms with van der Waals surface area (Å²) < 4.78 is 5.81. The molecule has 2 aliphatic carbocycles. The lowest BCUT2D eigenvalue weighted by Gasteiger charge is -2.37. The van der Waals surface area contributed by atoms with Crippen LogP contribution in [0.2, 0.25) is 0 Å². The largest absolute Gasteiger partial charge is 0.396 e. The molecular formula is C14H26O2. The molecule has 2 rings (SSSR count). The molecule has 0 radical (unpaired) electrons. The monoisotopic (exact) mass is 226 g/mol. The highest BCUT2D eigenvalue weighted by Crippen LogP contribution is 2.57. The van der Waals surface area contributed by atoms with Crippen molar-refractivity contribution in [2.75, 3.05) is 13.2 Å². The molecule has 94 valence electrons. The van der Waals surface area contributed by atoms with E-state index >= 15 is 0 Å². The van der Waals surface area contributed by atoms with Gasteiger partial charge in [-0.05, 0) is 63.7 Å². The van der Waals surface area contributed by atoms with Crippen LogP contribution in [0.5, 0.6) is 0 Å². The van der Waals surface area contributed by atoms with Crippen molar-refractivity contribution in [3.63, 3.8) is 0 Å². The number of fused-ring (bicyclic) bond motifs is 2. The van der Waals surface area contributed by atoms with Crippen molar-refractivity contribution in [1.29, 1.82) is 0 Å². The van der Waals surface area contributed by atoms with Gasteiger partial charge in [-0.1, -0.05) is 6.42 Å². The molecule has 0 aromatic rings. The predicted octanol–water partition coefficient (Wildman–Crippen LogP) is 2.99. The van der Waals surface area contributed by atoms with Crippen LogP contribution in [-0.4, -0.2) is 23.9 Å². The van der Waals surface area contributed by atoms with Crippen LogP contribution < -0.4 is 0 Å². The smallest absolute Gasteiger partial charge is 0.0598 e. The summed E-state index contributed by atoms with van der Waals surface area (Å²) in [5.74, 6) is 1.66. The standard InChI is InChI=1S/C14H26O2/c1-13(2,3)16-7-6-14(10-15)9-11-4-5-12(14)8-11/h11-12,15H,4-10H2,1-3H3. The summed E-state index contributed by atoms with van der Waals surface area (Å²) in [5.41, 5.74) is 0.155. The molecule has 2 heteroatoms. The molecule has 0 heterocycles. The van der Waals surface area contributed by atoms with Crippen molar-refractivity contribution >= 4 is 0 Å². The Balaban J connectivity index is 1.87. The second-order valence-electron chi connectivity index (χ2n) is 6.81. The van der Waals surface area contributed by atoms with Gasteiger partial charge in [-0.3, -0.25) is 0 Å². The minimum absolute atomic E-state index is 0.0474. The average molecular weight is 226 g/mol. The maximum absolute atomic E-state index is 9.71. The molecule has 3 atom stereocenters. The van der Waals surface area contributed by atoms with Crippen molar-refractivity contribution in [2.24, 2.45) is 17.3 Å². The van der Waals surface area contributed by atoms with Crippen LogP contribution in [0.1, 0.15) is 52.9 Å². The van der Waals surface area contributed by atoms with Crippen LogP contribution in [0.25, 0.3) is 0 Å². The van der Waals surface area contributed by atoms with Crippen LogP contribution in [0.3, 0.4) is 0 Å². The third-order valence-corrected chi connectivity index (χ3v) is 4.55. The molecule has 0 aromatic carbocycles. The lowest BCUT2D eigenvalue weighted by Crippen LogP contribution is -2.34. The van der Waals surface area contributed by atoms with Crippen molar-refractivity contribution in [2.45, 2.75) is 58.5 Å². The van der Waals surface area contributed by atoms with Gasteiger partial charge in [0, 0.05) is 13.2 Å². The van der Waals surface area contributed by atoms with E-state index < -0.39 is 0 Å². The van der Waals surface area contributed by atoms with Gasteiger partial charge in [0.15, 0.2) is 0 Å². The SMILES string of the molecule is CC(C)(C)OCCC1(CO)CC2CCC1C2.